The molecule has 1 fully saturated rings. The standard InChI is InChI=1S/C23H28FN7O3/c1-22(2,32)12-30-11-14(10-26-30)23(33)6-4-5-13(9-23)19-28-20-16-7-15(24)8-17(34-3)18(16)27-21(25)31(20)29-19/h7-8,10-11,13,32-33H,4-6,9,12H2,1-3H3,(H2,25,27)/t13-,23-/m1/s1. The zero-order chi connectivity index (χ0) is 24.3. The number of hydrogen-bond acceptors (Lipinski definition) is 8. The number of nitrogen functional groups attached to an aromatic ring is 1. The Bertz CT molecular complexity index is 1380. The number of rotatable bonds is 5. The van der Waals surface area contributed by atoms with Gasteiger partial charge < -0.3 is 20.7 Å². The van der Waals surface area contributed by atoms with Crippen molar-refractivity contribution in [2.75, 3.05) is 12.8 Å². The quantitative estimate of drug-likeness (QED) is 0.406. The molecule has 0 amide bonds. The Labute approximate surface area is 195 Å². The lowest BCUT2D eigenvalue weighted by Crippen LogP contribution is -2.32. The molecule has 0 spiro atoms. The maximum atomic E-state index is 14.2. The Morgan fingerprint density at radius 2 is 2.12 bits per heavy atom. The van der Waals surface area contributed by atoms with Gasteiger partial charge in [0.25, 0.3) is 0 Å². The van der Waals surface area contributed by atoms with Gasteiger partial charge in [0.2, 0.25) is 5.95 Å². The molecule has 1 saturated carbocycles. The second-order valence-corrected chi connectivity index (χ2v) is 9.74. The van der Waals surface area contributed by atoms with E-state index in [0.717, 1.165) is 12.8 Å². The highest BCUT2D eigenvalue weighted by atomic mass is 19.1. The summed E-state index contributed by atoms with van der Waals surface area (Å²) in [7, 11) is 1.44. The fourth-order valence-corrected chi connectivity index (χ4v) is 4.83. The van der Waals surface area contributed by atoms with Crippen LogP contribution in [0.1, 0.15) is 56.8 Å². The highest BCUT2D eigenvalue weighted by Gasteiger charge is 2.39. The van der Waals surface area contributed by atoms with E-state index < -0.39 is 17.0 Å². The van der Waals surface area contributed by atoms with E-state index in [9.17, 15) is 14.6 Å². The minimum absolute atomic E-state index is 0.116. The van der Waals surface area contributed by atoms with Gasteiger partial charge in [0.05, 0.1) is 36.4 Å². The highest BCUT2D eigenvalue weighted by molar-refractivity contribution is 5.95. The topological polar surface area (TPSA) is 137 Å². The van der Waals surface area contributed by atoms with Gasteiger partial charge in [-0.25, -0.2) is 14.4 Å². The zero-order valence-corrected chi connectivity index (χ0v) is 19.4. The van der Waals surface area contributed by atoms with Gasteiger partial charge in [0, 0.05) is 23.7 Å². The van der Waals surface area contributed by atoms with Crippen LogP contribution in [-0.4, -0.2) is 52.3 Å². The Morgan fingerprint density at radius 3 is 2.85 bits per heavy atom. The molecule has 1 aliphatic carbocycles. The zero-order valence-electron chi connectivity index (χ0n) is 19.4. The number of aliphatic hydroxyl groups is 2. The molecule has 180 valence electrons. The highest BCUT2D eigenvalue weighted by Crippen LogP contribution is 2.43. The third kappa shape index (κ3) is 3.94. The monoisotopic (exact) mass is 469 g/mol. The summed E-state index contributed by atoms with van der Waals surface area (Å²) < 4.78 is 22.5. The van der Waals surface area contributed by atoms with E-state index in [0.29, 0.717) is 47.3 Å². The molecule has 1 aromatic carbocycles. The lowest BCUT2D eigenvalue weighted by molar-refractivity contribution is -0.00967. The fraction of sp³-hybridized carbons (Fsp3) is 0.478. The number of aromatic nitrogens is 6. The molecule has 0 radical (unpaired) electrons. The average molecular weight is 470 g/mol. The van der Waals surface area contributed by atoms with Crippen LogP contribution in [0.3, 0.4) is 0 Å². The Hall–Kier alpha value is -3.31. The summed E-state index contributed by atoms with van der Waals surface area (Å²) >= 11 is 0. The SMILES string of the molecule is COc1cc(F)cc2c1nc(N)n1nc([C@@H]3CCC[C@](O)(c4cnn(CC(C)(C)O)c4)C3)nc21. The predicted molar refractivity (Wildman–Crippen MR) is 123 cm³/mol. The third-order valence-electron chi connectivity index (χ3n) is 6.38. The first-order valence-electron chi connectivity index (χ1n) is 11.2. The van der Waals surface area contributed by atoms with Gasteiger partial charge in [-0.2, -0.15) is 9.61 Å². The Kier molecular flexibility index (Phi) is 5.21. The van der Waals surface area contributed by atoms with Crippen LogP contribution >= 0.6 is 0 Å². The van der Waals surface area contributed by atoms with Crippen molar-refractivity contribution in [3.63, 3.8) is 0 Å². The van der Waals surface area contributed by atoms with E-state index in [1.165, 1.54) is 23.8 Å². The number of anilines is 1. The van der Waals surface area contributed by atoms with Crippen LogP contribution in [0.15, 0.2) is 24.5 Å². The van der Waals surface area contributed by atoms with Crippen LogP contribution in [0.2, 0.25) is 0 Å². The molecule has 4 N–H and O–H groups in total. The second kappa shape index (κ2) is 7.88. The summed E-state index contributed by atoms with van der Waals surface area (Å²) in [5.74, 6) is 0.291. The minimum Gasteiger partial charge on any atom is -0.494 e. The Balaban J connectivity index is 1.51. The summed E-state index contributed by atoms with van der Waals surface area (Å²) in [6.45, 7) is 3.74. The molecule has 4 aromatic rings. The van der Waals surface area contributed by atoms with Gasteiger partial charge >= 0.3 is 0 Å². The molecule has 11 heteroatoms. The summed E-state index contributed by atoms with van der Waals surface area (Å²) in [6, 6.07) is 2.59. The van der Waals surface area contributed by atoms with Gasteiger partial charge in [-0.1, -0.05) is 0 Å². The number of halogens is 1. The van der Waals surface area contributed by atoms with Crippen LogP contribution < -0.4 is 10.5 Å². The fourth-order valence-electron chi connectivity index (χ4n) is 4.83. The van der Waals surface area contributed by atoms with Gasteiger partial charge in [0.15, 0.2) is 11.5 Å². The maximum absolute atomic E-state index is 14.2. The normalized spacial score (nSPS) is 21.4. The van der Waals surface area contributed by atoms with Gasteiger partial charge in [0.1, 0.15) is 17.1 Å². The first kappa shape index (κ1) is 22.5. The van der Waals surface area contributed by atoms with Crippen LogP contribution in [0.5, 0.6) is 5.75 Å². The van der Waals surface area contributed by atoms with Gasteiger partial charge in [-0.15, -0.1) is 5.10 Å². The summed E-state index contributed by atoms with van der Waals surface area (Å²) in [4.78, 5) is 9.05. The predicted octanol–water partition coefficient (Wildman–Crippen LogP) is 2.52. The number of fused-ring (bicyclic) bond motifs is 3. The van der Waals surface area contributed by atoms with Crippen molar-refractivity contribution >= 4 is 22.5 Å². The number of benzene rings is 1. The van der Waals surface area contributed by atoms with Crippen molar-refractivity contribution in [1.29, 1.82) is 0 Å². The van der Waals surface area contributed by atoms with E-state index in [1.807, 2.05) is 0 Å². The van der Waals surface area contributed by atoms with Crippen LogP contribution in [0.4, 0.5) is 10.3 Å². The molecular formula is C23H28FN7O3. The number of ether oxygens (including phenoxy) is 1. The molecule has 2 atom stereocenters. The van der Waals surface area contributed by atoms with Crippen molar-refractivity contribution in [1.82, 2.24) is 29.4 Å². The van der Waals surface area contributed by atoms with E-state index in [2.05, 4.69) is 15.2 Å². The molecular weight excluding hydrogens is 441 g/mol. The molecule has 0 bridgehead atoms. The lowest BCUT2D eigenvalue weighted by Gasteiger charge is -2.35. The van der Waals surface area contributed by atoms with Crippen molar-refractivity contribution in [2.24, 2.45) is 0 Å². The number of hydrogen-bond donors (Lipinski definition) is 3. The first-order valence-corrected chi connectivity index (χ1v) is 11.2. The molecule has 5 rings (SSSR count). The van der Waals surface area contributed by atoms with Gasteiger partial charge in [-0.05, 0) is 45.6 Å². The van der Waals surface area contributed by atoms with Crippen molar-refractivity contribution in [3.8, 4) is 5.75 Å². The van der Waals surface area contributed by atoms with Crippen LogP contribution in [0, 0.1) is 5.82 Å². The molecule has 10 nitrogen and oxygen atoms in total. The number of nitrogens with zero attached hydrogens (tertiary/aromatic N) is 6. The van der Waals surface area contributed by atoms with Crippen molar-refractivity contribution < 1.29 is 19.3 Å². The minimum atomic E-state index is -1.10. The van der Waals surface area contributed by atoms with E-state index in [1.54, 1.807) is 30.9 Å². The molecule has 0 unspecified atom stereocenters. The molecule has 3 aromatic heterocycles. The van der Waals surface area contributed by atoms with Crippen molar-refractivity contribution in [2.45, 2.75) is 63.2 Å². The summed E-state index contributed by atoms with van der Waals surface area (Å²) in [5.41, 5.74) is 5.63. The molecule has 3 heterocycles. The number of nitrogens with two attached hydrogens (primary N) is 1. The lowest BCUT2D eigenvalue weighted by atomic mass is 9.75. The number of methoxy groups -OCH3 is 1. The maximum Gasteiger partial charge on any atom is 0.223 e. The van der Waals surface area contributed by atoms with Gasteiger partial charge in [-0.3, -0.25) is 4.68 Å². The molecule has 0 saturated heterocycles. The van der Waals surface area contributed by atoms with E-state index >= 15 is 0 Å². The van der Waals surface area contributed by atoms with Crippen LogP contribution in [0.25, 0.3) is 16.6 Å². The first-order chi connectivity index (χ1) is 16.1. The second-order valence-electron chi connectivity index (χ2n) is 9.74. The van der Waals surface area contributed by atoms with Crippen LogP contribution in [-0.2, 0) is 12.1 Å². The molecule has 0 aliphatic heterocycles. The smallest absolute Gasteiger partial charge is 0.223 e. The molecule has 34 heavy (non-hydrogen) atoms. The average Bonchev–Trinajstić information content (AvgIpc) is 3.41. The summed E-state index contributed by atoms with van der Waals surface area (Å²) in [5, 5.41) is 30.9. The third-order valence-corrected chi connectivity index (χ3v) is 6.38. The van der Waals surface area contributed by atoms with E-state index in [-0.39, 0.29) is 17.6 Å². The Morgan fingerprint density at radius 1 is 1.32 bits per heavy atom. The van der Waals surface area contributed by atoms with Crippen molar-refractivity contribution in [3.05, 3.63) is 41.7 Å². The van der Waals surface area contributed by atoms with E-state index in [4.69, 9.17) is 15.5 Å². The largest absolute Gasteiger partial charge is 0.494 e. The summed E-state index contributed by atoms with van der Waals surface area (Å²) in [6.07, 6.45) is 5.98. The molecule has 1 aliphatic rings.